The van der Waals surface area contributed by atoms with Crippen molar-refractivity contribution in [1.82, 2.24) is 10.3 Å². The number of hydrogen-bond acceptors (Lipinski definition) is 6. The molecule has 3 rings (SSSR count). The molecule has 134 valence electrons. The standard InChI is InChI=1S/C18H17N3O3S2/c1-24-10-16(22)20-13-5-2-4-12(8-13)9-19-17(23)14-11-26-18(21-14)15-6-3-7-25-15/h2-8,11H,9-10H2,1H3,(H,19,23)(H,20,22). The molecule has 0 fully saturated rings. The number of thiazole rings is 1. The molecule has 0 saturated carbocycles. The summed E-state index contributed by atoms with van der Waals surface area (Å²) in [7, 11) is 1.47. The molecule has 2 heterocycles. The maximum Gasteiger partial charge on any atom is 0.271 e. The van der Waals surface area contributed by atoms with E-state index in [0.29, 0.717) is 17.9 Å². The summed E-state index contributed by atoms with van der Waals surface area (Å²) in [6.45, 7) is 0.343. The van der Waals surface area contributed by atoms with E-state index in [0.717, 1.165) is 15.4 Å². The minimum atomic E-state index is -0.225. The van der Waals surface area contributed by atoms with Gasteiger partial charge >= 0.3 is 0 Å². The van der Waals surface area contributed by atoms with Crippen LogP contribution in [0.3, 0.4) is 0 Å². The number of thiophene rings is 1. The van der Waals surface area contributed by atoms with Crippen LogP contribution in [0.5, 0.6) is 0 Å². The van der Waals surface area contributed by atoms with E-state index < -0.39 is 0 Å². The van der Waals surface area contributed by atoms with Crippen molar-refractivity contribution in [3.63, 3.8) is 0 Å². The highest BCUT2D eigenvalue weighted by atomic mass is 32.1. The second-order valence-corrected chi connectivity index (χ2v) is 7.19. The number of hydrogen-bond donors (Lipinski definition) is 2. The first kappa shape index (κ1) is 18.2. The molecular weight excluding hydrogens is 370 g/mol. The largest absolute Gasteiger partial charge is 0.375 e. The lowest BCUT2D eigenvalue weighted by Crippen LogP contribution is -2.23. The van der Waals surface area contributed by atoms with Gasteiger partial charge in [0.2, 0.25) is 5.91 Å². The lowest BCUT2D eigenvalue weighted by molar-refractivity contribution is -0.119. The monoisotopic (exact) mass is 387 g/mol. The van der Waals surface area contributed by atoms with Gasteiger partial charge in [-0.1, -0.05) is 18.2 Å². The van der Waals surface area contributed by atoms with Crippen molar-refractivity contribution in [2.75, 3.05) is 19.0 Å². The van der Waals surface area contributed by atoms with Crippen molar-refractivity contribution >= 4 is 40.2 Å². The molecule has 1 aromatic carbocycles. The normalized spacial score (nSPS) is 10.5. The SMILES string of the molecule is COCC(=O)Nc1cccc(CNC(=O)c2csc(-c3cccs3)n2)c1. The van der Waals surface area contributed by atoms with Gasteiger partial charge in [0.15, 0.2) is 0 Å². The number of ether oxygens (including phenoxy) is 1. The second-order valence-electron chi connectivity index (χ2n) is 5.38. The van der Waals surface area contributed by atoms with Gasteiger partial charge in [-0.25, -0.2) is 4.98 Å². The molecular formula is C18H17N3O3S2. The van der Waals surface area contributed by atoms with Crippen LogP contribution >= 0.6 is 22.7 Å². The number of carbonyl (C=O) groups is 2. The van der Waals surface area contributed by atoms with Crippen molar-refractivity contribution in [3.05, 3.63) is 58.4 Å². The predicted molar refractivity (Wildman–Crippen MR) is 104 cm³/mol. The first-order valence-corrected chi connectivity index (χ1v) is 9.57. The van der Waals surface area contributed by atoms with Crippen LogP contribution in [-0.2, 0) is 16.1 Å². The van der Waals surface area contributed by atoms with E-state index >= 15 is 0 Å². The van der Waals surface area contributed by atoms with Gasteiger partial charge in [0.05, 0.1) is 4.88 Å². The Labute approximate surface area is 158 Å². The highest BCUT2D eigenvalue weighted by Crippen LogP contribution is 2.27. The second kappa shape index (κ2) is 8.70. The topological polar surface area (TPSA) is 80.3 Å². The zero-order valence-electron chi connectivity index (χ0n) is 14.0. The number of benzene rings is 1. The van der Waals surface area contributed by atoms with Gasteiger partial charge in [-0.05, 0) is 29.1 Å². The predicted octanol–water partition coefficient (Wildman–Crippen LogP) is 3.39. The maximum atomic E-state index is 12.3. The molecule has 0 saturated heterocycles. The van der Waals surface area contributed by atoms with Crippen molar-refractivity contribution in [2.24, 2.45) is 0 Å². The Hall–Kier alpha value is -2.55. The summed E-state index contributed by atoms with van der Waals surface area (Å²) in [5, 5.41) is 10.2. The zero-order chi connectivity index (χ0) is 18.4. The molecule has 3 aromatic rings. The van der Waals surface area contributed by atoms with E-state index in [2.05, 4.69) is 15.6 Å². The summed E-state index contributed by atoms with van der Waals surface area (Å²) in [5.74, 6) is -0.449. The highest BCUT2D eigenvalue weighted by molar-refractivity contribution is 7.20. The first-order valence-electron chi connectivity index (χ1n) is 7.81. The molecule has 0 unspecified atom stereocenters. The van der Waals surface area contributed by atoms with Crippen molar-refractivity contribution in [1.29, 1.82) is 0 Å². The van der Waals surface area contributed by atoms with Crippen LogP contribution in [0.2, 0.25) is 0 Å². The molecule has 6 nitrogen and oxygen atoms in total. The van der Waals surface area contributed by atoms with Gasteiger partial charge in [-0.2, -0.15) is 0 Å². The van der Waals surface area contributed by atoms with Crippen LogP contribution in [-0.4, -0.2) is 30.5 Å². The summed E-state index contributed by atoms with van der Waals surface area (Å²) in [6.07, 6.45) is 0. The minimum absolute atomic E-state index is 0.00262. The Morgan fingerprint density at radius 2 is 2.08 bits per heavy atom. The highest BCUT2D eigenvalue weighted by Gasteiger charge is 2.12. The van der Waals surface area contributed by atoms with Crippen molar-refractivity contribution in [2.45, 2.75) is 6.54 Å². The van der Waals surface area contributed by atoms with Crippen LogP contribution in [0, 0.1) is 0 Å². The van der Waals surface area contributed by atoms with E-state index in [1.807, 2.05) is 35.7 Å². The quantitative estimate of drug-likeness (QED) is 0.651. The van der Waals surface area contributed by atoms with E-state index in [1.54, 1.807) is 22.8 Å². The summed E-state index contributed by atoms with van der Waals surface area (Å²) in [6, 6.07) is 11.2. The number of aromatic nitrogens is 1. The molecule has 0 atom stereocenters. The van der Waals surface area contributed by atoms with Crippen LogP contribution in [0.25, 0.3) is 9.88 Å². The average molecular weight is 387 g/mol. The molecule has 8 heteroatoms. The van der Waals surface area contributed by atoms with Crippen LogP contribution in [0.15, 0.2) is 47.2 Å². The lowest BCUT2D eigenvalue weighted by atomic mass is 10.2. The fraction of sp³-hybridized carbons (Fsp3) is 0.167. The number of carbonyl (C=O) groups excluding carboxylic acids is 2. The van der Waals surface area contributed by atoms with Crippen LogP contribution < -0.4 is 10.6 Å². The first-order chi connectivity index (χ1) is 12.7. The van der Waals surface area contributed by atoms with E-state index in [-0.39, 0.29) is 18.4 Å². The Bertz CT molecular complexity index is 891. The van der Waals surface area contributed by atoms with E-state index in [1.165, 1.54) is 18.4 Å². The molecule has 2 N–H and O–H groups in total. The van der Waals surface area contributed by atoms with Gasteiger partial charge in [-0.3, -0.25) is 9.59 Å². The zero-order valence-corrected chi connectivity index (χ0v) is 15.7. The van der Waals surface area contributed by atoms with E-state index in [4.69, 9.17) is 4.74 Å². The van der Waals surface area contributed by atoms with Gasteiger partial charge in [-0.15, -0.1) is 22.7 Å². The minimum Gasteiger partial charge on any atom is -0.375 e. The summed E-state index contributed by atoms with van der Waals surface area (Å²) in [4.78, 5) is 29.3. The fourth-order valence-corrected chi connectivity index (χ4v) is 3.87. The van der Waals surface area contributed by atoms with Crippen molar-refractivity contribution < 1.29 is 14.3 Å². The Morgan fingerprint density at radius 1 is 1.19 bits per heavy atom. The molecule has 0 radical (unpaired) electrons. The Kier molecular flexibility index (Phi) is 6.11. The molecule has 0 aliphatic rings. The number of rotatable bonds is 7. The molecule has 2 amide bonds. The third kappa shape index (κ3) is 4.75. The molecule has 26 heavy (non-hydrogen) atoms. The van der Waals surface area contributed by atoms with Gasteiger partial charge in [0.1, 0.15) is 17.3 Å². The lowest BCUT2D eigenvalue weighted by Gasteiger charge is -2.08. The molecule has 0 aliphatic carbocycles. The van der Waals surface area contributed by atoms with Gasteiger partial charge in [0, 0.05) is 24.7 Å². The van der Waals surface area contributed by atoms with Gasteiger partial charge in [0.25, 0.3) is 5.91 Å². The molecule has 0 bridgehead atoms. The molecule has 2 aromatic heterocycles. The van der Waals surface area contributed by atoms with E-state index in [9.17, 15) is 9.59 Å². The van der Waals surface area contributed by atoms with Gasteiger partial charge < -0.3 is 15.4 Å². The number of amides is 2. The number of anilines is 1. The molecule has 0 aliphatic heterocycles. The summed E-state index contributed by atoms with van der Waals surface area (Å²) in [5.41, 5.74) is 1.94. The van der Waals surface area contributed by atoms with Crippen molar-refractivity contribution in [3.8, 4) is 9.88 Å². The van der Waals surface area contributed by atoms with Crippen LogP contribution in [0.1, 0.15) is 16.1 Å². The average Bonchev–Trinajstić information content (AvgIpc) is 3.31. The fourth-order valence-electron chi connectivity index (χ4n) is 2.25. The summed E-state index contributed by atoms with van der Waals surface area (Å²) < 4.78 is 4.79. The Morgan fingerprint density at radius 3 is 2.85 bits per heavy atom. The smallest absolute Gasteiger partial charge is 0.271 e. The third-order valence-corrected chi connectivity index (χ3v) is 5.29. The Balaban J connectivity index is 1.58. The number of nitrogens with one attached hydrogen (secondary N) is 2. The van der Waals surface area contributed by atoms with Crippen LogP contribution in [0.4, 0.5) is 5.69 Å². The summed E-state index contributed by atoms with van der Waals surface area (Å²) >= 11 is 3.04. The number of nitrogens with zero attached hydrogens (tertiary/aromatic N) is 1. The third-order valence-electron chi connectivity index (χ3n) is 3.41. The maximum absolute atomic E-state index is 12.3. The number of methoxy groups -OCH3 is 1. The molecule has 0 spiro atoms.